The number of hydrogen-bond donors (Lipinski definition) is 2. The van der Waals surface area contributed by atoms with Gasteiger partial charge in [0.05, 0.1) is 0 Å². The number of carbonyl (C=O) groups excluding carboxylic acids is 1. The smallest absolute Gasteiger partial charge is 0.349 e. The van der Waals surface area contributed by atoms with Crippen LogP contribution < -0.4 is 16.3 Å². The van der Waals surface area contributed by atoms with Gasteiger partial charge in [-0.1, -0.05) is 0 Å². The summed E-state index contributed by atoms with van der Waals surface area (Å²) in [6.07, 6.45) is 6.70. The van der Waals surface area contributed by atoms with E-state index in [9.17, 15) is 9.59 Å². The van der Waals surface area contributed by atoms with Gasteiger partial charge in [-0.05, 0) is 83.3 Å². The van der Waals surface area contributed by atoms with Crippen molar-refractivity contribution in [1.82, 2.24) is 15.5 Å². The molecule has 2 aliphatic heterocycles. The minimum atomic E-state index is -0.514. The van der Waals surface area contributed by atoms with Crippen molar-refractivity contribution in [2.75, 3.05) is 39.3 Å². The number of unbranched alkanes of at least 4 members (excludes halogenated alkanes) is 1. The fraction of sp³-hybridized carbons (Fsp3) is 0.700. The molecule has 6 nitrogen and oxygen atoms in total. The van der Waals surface area contributed by atoms with Gasteiger partial charge >= 0.3 is 5.63 Å². The number of halogens is 2. The second-order valence-corrected chi connectivity index (χ2v) is 7.55. The second-order valence-electron chi connectivity index (χ2n) is 7.55. The molecular formula is C20H33Cl2N3O3. The Balaban J connectivity index is 0.00000196. The SMILES string of the molecule is Cc1cc(C2CCCNC2)oc(=O)c1C(=O)NCCCCN1CCCC1.Cl.Cl. The average Bonchev–Trinajstić information content (AvgIpc) is 3.15. The summed E-state index contributed by atoms with van der Waals surface area (Å²) in [5.74, 6) is 0.602. The first-order valence-electron chi connectivity index (χ1n) is 10.0. The number of likely N-dealkylation sites (tertiary alicyclic amines) is 1. The zero-order valence-corrected chi connectivity index (χ0v) is 18.3. The Bertz CT molecular complexity index is 669. The van der Waals surface area contributed by atoms with Crippen LogP contribution in [0.1, 0.15) is 66.1 Å². The number of rotatable bonds is 7. The molecule has 28 heavy (non-hydrogen) atoms. The summed E-state index contributed by atoms with van der Waals surface area (Å²) in [6, 6.07) is 1.86. The van der Waals surface area contributed by atoms with E-state index in [1.54, 1.807) is 0 Å². The molecule has 3 heterocycles. The van der Waals surface area contributed by atoms with E-state index in [1.165, 1.54) is 25.9 Å². The van der Waals surface area contributed by atoms with Gasteiger partial charge in [0, 0.05) is 19.0 Å². The molecule has 2 saturated heterocycles. The first kappa shape index (κ1) is 25.0. The highest BCUT2D eigenvalue weighted by atomic mass is 35.5. The third-order valence-corrected chi connectivity index (χ3v) is 5.48. The minimum absolute atomic E-state index is 0. The van der Waals surface area contributed by atoms with Gasteiger partial charge < -0.3 is 20.0 Å². The predicted molar refractivity (Wildman–Crippen MR) is 116 cm³/mol. The minimum Gasteiger partial charge on any atom is -0.427 e. The van der Waals surface area contributed by atoms with Crippen LogP contribution in [0.4, 0.5) is 0 Å². The fourth-order valence-corrected chi connectivity index (χ4v) is 3.96. The van der Waals surface area contributed by atoms with E-state index in [-0.39, 0.29) is 42.2 Å². The number of aryl methyl sites for hydroxylation is 1. The standard InChI is InChI=1S/C20H31N3O3.2ClH/c1-15-13-17(16-7-6-8-21-14-16)26-20(25)18(15)19(24)22-9-2-3-10-23-11-4-5-12-23;;/h13,16,21H,2-12,14H2,1H3,(H,22,24);2*1H. The Morgan fingerprint density at radius 1 is 1.25 bits per heavy atom. The first-order chi connectivity index (χ1) is 12.6. The Morgan fingerprint density at radius 3 is 2.64 bits per heavy atom. The Morgan fingerprint density at radius 2 is 2.00 bits per heavy atom. The van der Waals surface area contributed by atoms with E-state index in [2.05, 4.69) is 15.5 Å². The highest BCUT2D eigenvalue weighted by molar-refractivity contribution is 5.95. The van der Waals surface area contributed by atoms with Crippen LogP contribution in [0, 0.1) is 6.92 Å². The quantitative estimate of drug-likeness (QED) is 0.646. The van der Waals surface area contributed by atoms with Crippen LogP contribution in [0.3, 0.4) is 0 Å². The summed E-state index contributed by atoms with van der Waals surface area (Å²) in [5, 5.41) is 6.20. The normalized spacial score (nSPS) is 19.5. The topological polar surface area (TPSA) is 74.6 Å². The lowest BCUT2D eigenvalue weighted by atomic mass is 9.95. The van der Waals surface area contributed by atoms with Crippen LogP contribution >= 0.6 is 24.8 Å². The molecule has 2 N–H and O–H groups in total. The summed E-state index contributed by atoms with van der Waals surface area (Å²) in [6.45, 7) is 7.76. The van der Waals surface area contributed by atoms with Crippen LogP contribution in [-0.2, 0) is 0 Å². The number of amides is 1. The highest BCUT2D eigenvalue weighted by Crippen LogP contribution is 2.23. The largest absolute Gasteiger partial charge is 0.427 e. The van der Waals surface area contributed by atoms with Crippen molar-refractivity contribution < 1.29 is 9.21 Å². The Hall–Kier alpha value is -1.08. The number of piperidine rings is 1. The molecule has 0 radical (unpaired) electrons. The summed E-state index contributed by atoms with van der Waals surface area (Å²) in [5.41, 5.74) is 0.341. The molecule has 1 atom stereocenters. The Labute approximate surface area is 179 Å². The summed E-state index contributed by atoms with van der Waals surface area (Å²) < 4.78 is 5.48. The molecule has 0 saturated carbocycles. The third kappa shape index (κ3) is 6.76. The van der Waals surface area contributed by atoms with Crippen molar-refractivity contribution in [1.29, 1.82) is 0 Å². The van der Waals surface area contributed by atoms with E-state index in [0.29, 0.717) is 17.9 Å². The second kappa shape index (κ2) is 12.5. The summed E-state index contributed by atoms with van der Waals surface area (Å²) in [4.78, 5) is 27.2. The maximum atomic E-state index is 12.4. The van der Waals surface area contributed by atoms with Crippen molar-refractivity contribution in [2.24, 2.45) is 0 Å². The molecule has 1 amide bonds. The Kier molecular flexibility index (Phi) is 11.1. The molecule has 160 valence electrons. The summed E-state index contributed by atoms with van der Waals surface area (Å²) >= 11 is 0. The van der Waals surface area contributed by atoms with Crippen LogP contribution in [0.5, 0.6) is 0 Å². The number of carbonyl (C=O) groups is 1. The van der Waals surface area contributed by atoms with Gasteiger partial charge in [0.25, 0.3) is 5.91 Å². The molecular weight excluding hydrogens is 401 g/mol. The third-order valence-electron chi connectivity index (χ3n) is 5.48. The molecule has 1 aromatic heterocycles. The number of nitrogens with zero attached hydrogens (tertiary/aromatic N) is 1. The van der Waals surface area contributed by atoms with Gasteiger partial charge in [-0.25, -0.2) is 4.79 Å². The van der Waals surface area contributed by atoms with E-state index in [1.807, 2.05) is 13.0 Å². The molecule has 0 aromatic carbocycles. The number of hydrogen-bond acceptors (Lipinski definition) is 5. The van der Waals surface area contributed by atoms with Crippen LogP contribution in [-0.4, -0.2) is 50.1 Å². The lowest BCUT2D eigenvalue weighted by Crippen LogP contribution is -2.32. The first-order valence-corrected chi connectivity index (χ1v) is 10.0. The maximum Gasteiger partial charge on any atom is 0.349 e. The van der Waals surface area contributed by atoms with Crippen molar-refractivity contribution in [3.63, 3.8) is 0 Å². The molecule has 0 spiro atoms. The van der Waals surface area contributed by atoms with Crippen molar-refractivity contribution in [3.8, 4) is 0 Å². The molecule has 0 aliphatic carbocycles. The predicted octanol–water partition coefficient (Wildman–Crippen LogP) is 2.86. The van der Waals surface area contributed by atoms with Gasteiger partial charge in [0.2, 0.25) is 0 Å². The van der Waals surface area contributed by atoms with Crippen LogP contribution in [0.15, 0.2) is 15.3 Å². The van der Waals surface area contributed by atoms with E-state index in [4.69, 9.17) is 4.42 Å². The number of nitrogens with one attached hydrogen (secondary N) is 2. The van der Waals surface area contributed by atoms with Gasteiger partial charge in [-0.2, -0.15) is 0 Å². The highest BCUT2D eigenvalue weighted by Gasteiger charge is 2.22. The van der Waals surface area contributed by atoms with Gasteiger partial charge in [0.15, 0.2) is 0 Å². The van der Waals surface area contributed by atoms with Crippen LogP contribution in [0.2, 0.25) is 0 Å². The molecule has 1 aromatic rings. The molecule has 1 unspecified atom stereocenters. The van der Waals surface area contributed by atoms with Gasteiger partial charge in [-0.3, -0.25) is 4.79 Å². The molecule has 3 rings (SSSR count). The van der Waals surface area contributed by atoms with Crippen molar-refractivity contribution in [2.45, 2.75) is 51.4 Å². The zero-order valence-electron chi connectivity index (χ0n) is 16.6. The average molecular weight is 434 g/mol. The fourth-order valence-electron chi connectivity index (χ4n) is 3.96. The van der Waals surface area contributed by atoms with Gasteiger partial charge in [0.1, 0.15) is 11.3 Å². The van der Waals surface area contributed by atoms with E-state index >= 15 is 0 Å². The maximum absolute atomic E-state index is 12.4. The van der Waals surface area contributed by atoms with E-state index < -0.39 is 5.63 Å². The summed E-state index contributed by atoms with van der Waals surface area (Å²) in [7, 11) is 0. The molecule has 2 fully saturated rings. The lowest BCUT2D eigenvalue weighted by Gasteiger charge is -2.22. The molecule has 0 bridgehead atoms. The van der Waals surface area contributed by atoms with E-state index in [0.717, 1.165) is 45.3 Å². The van der Waals surface area contributed by atoms with Crippen LogP contribution in [0.25, 0.3) is 0 Å². The van der Waals surface area contributed by atoms with Gasteiger partial charge in [-0.15, -0.1) is 24.8 Å². The van der Waals surface area contributed by atoms with Crippen molar-refractivity contribution >= 4 is 30.7 Å². The van der Waals surface area contributed by atoms with Crippen molar-refractivity contribution in [3.05, 3.63) is 33.4 Å². The molecule has 2 aliphatic rings. The molecule has 8 heteroatoms. The monoisotopic (exact) mass is 433 g/mol. The zero-order chi connectivity index (χ0) is 18.4. The lowest BCUT2D eigenvalue weighted by molar-refractivity contribution is 0.0947.